The first-order chi connectivity index (χ1) is 15.9. The van der Waals surface area contributed by atoms with E-state index >= 15 is 0 Å². The Morgan fingerprint density at radius 3 is 2.58 bits per heavy atom. The monoisotopic (exact) mass is 469 g/mol. The van der Waals surface area contributed by atoms with Crippen LogP contribution in [0.25, 0.3) is 16.5 Å². The molecule has 9 heteroatoms. The lowest BCUT2D eigenvalue weighted by Crippen LogP contribution is -2.42. The van der Waals surface area contributed by atoms with Gasteiger partial charge in [0.1, 0.15) is 16.4 Å². The molecule has 1 atom stereocenters. The van der Waals surface area contributed by atoms with Crippen LogP contribution in [0.3, 0.4) is 0 Å². The number of ether oxygens (including phenoxy) is 3. The largest absolute Gasteiger partial charge is 0.497 e. The molecule has 172 valence electrons. The van der Waals surface area contributed by atoms with Gasteiger partial charge < -0.3 is 14.2 Å². The van der Waals surface area contributed by atoms with Crippen molar-refractivity contribution in [1.29, 1.82) is 0 Å². The molecule has 2 heterocycles. The number of carbonyl (C=O) groups is 1. The third kappa shape index (κ3) is 4.36. The van der Waals surface area contributed by atoms with Crippen molar-refractivity contribution in [2.24, 2.45) is 0 Å². The highest BCUT2D eigenvalue weighted by atomic mass is 35.5. The number of carbonyl (C=O) groups excluding carboxylic acids is 1. The van der Waals surface area contributed by atoms with Gasteiger partial charge in [-0.2, -0.15) is 0 Å². The molecule has 0 radical (unpaired) electrons. The Hall–Kier alpha value is -3.23. The van der Waals surface area contributed by atoms with E-state index in [4.69, 9.17) is 25.8 Å². The predicted molar refractivity (Wildman–Crippen MR) is 124 cm³/mol. The van der Waals surface area contributed by atoms with Gasteiger partial charge in [-0.1, -0.05) is 29.8 Å². The molecule has 2 aromatic heterocycles. The smallest absolute Gasteiger partial charge is 0.338 e. The zero-order chi connectivity index (χ0) is 23.6. The Morgan fingerprint density at radius 1 is 1.21 bits per heavy atom. The summed E-state index contributed by atoms with van der Waals surface area (Å²) < 4.78 is 17.1. The van der Waals surface area contributed by atoms with Crippen molar-refractivity contribution in [3.8, 4) is 5.75 Å². The molecule has 1 aliphatic rings. The molecule has 8 nitrogen and oxygen atoms in total. The van der Waals surface area contributed by atoms with E-state index in [9.17, 15) is 9.59 Å². The van der Waals surface area contributed by atoms with Gasteiger partial charge in [-0.25, -0.2) is 14.8 Å². The summed E-state index contributed by atoms with van der Waals surface area (Å²) in [6.45, 7) is 0.360. The SMILES string of the molecule is COC(=O)C1(OC)CC=C(c2nc(Cl)cc3c(=O)n(Cc4ccc(OC)cc4)cnc23)CC1. The number of pyridine rings is 1. The first kappa shape index (κ1) is 22.9. The van der Waals surface area contributed by atoms with E-state index in [0.29, 0.717) is 42.4 Å². The van der Waals surface area contributed by atoms with E-state index in [1.54, 1.807) is 7.11 Å². The van der Waals surface area contributed by atoms with Gasteiger partial charge in [0, 0.05) is 13.5 Å². The number of benzene rings is 1. The van der Waals surface area contributed by atoms with E-state index in [0.717, 1.165) is 16.9 Å². The molecule has 0 aliphatic heterocycles. The highest BCUT2D eigenvalue weighted by molar-refractivity contribution is 6.30. The molecule has 0 spiro atoms. The van der Waals surface area contributed by atoms with E-state index in [1.807, 2.05) is 30.3 Å². The lowest BCUT2D eigenvalue weighted by atomic mass is 9.84. The number of aromatic nitrogens is 3. The van der Waals surface area contributed by atoms with Crippen molar-refractivity contribution in [2.45, 2.75) is 31.4 Å². The highest BCUT2D eigenvalue weighted by Gasteiger charge is 2.41. The van der Waals surface area contributed by atoms with Crippen molar-refractivity contribution >= 4 is 34.0 Å². The molecule has 0 saturated heterocycles. The number of halogens is 1. The van der Waals surface area contributed by atoms with Crippen molar-refractivity contribution in [2.75, 3.05) is 21.3 Å². The average Bonchev–Trinajstić information content (AvgIpc) is 2.85. The Morgan fingerprint density at radius 2 is 1.97 bits per heavy atom. The summed E-state index contributed by atoms with van der Waals surface area (Å²) in [6.07, 6.45) is 4.65. The van der Waals surface area contributed by atoms with Crippen molar-refractivity contribution in [3.05, 3.63) is 69.5 Å². The zero-order valence-electron chi connectivity index (χ0n) is 18.6. The molecule has 1 unspecified atom stereocenters. The summed E-state index contributed by atoms with van der Waals surface area (Å²) in [6, 6.07) is 9.03. The standard InChI is InChI=1S/C24H24ClN3O5/c1-31-17-6-4-15(5-7-17)13-28-14-26-21-18(22(28)29)12-19(25)27-20(21)16-8-10-24(33-3,11-9-16)23(30)32-2/h4-8,12,14H,9-11,13H2,1-3H3. The van der Waals surface area contributed by atoms with Gasteiger partial charge in [-0.15, -0.1) is 0 Å². The summed E-state index contributed by atoms with van der Waals surface area (Å²) in [5.74, 6) is 0.333. The zero-order valence-corrected chi connectivity index (χ0v) is 19.4. The molecule has 33 heavy (non-hydrogen) atoms. The van der Waals surface area contributed by atoms with Crippen LogP contribution in [0, 0.1) is 0 Å². The summed E-state index contributed by atoms with van der Waals surface area (Å²) in [7, 11) is 4.44. The number of nitrogens with zero attached hydrogens (tertiary/aromatic N) is 3. The first-order valence-electron chi connectivity index (χ1n) is 10.4. The summed E-state index contributed by atoms with van der Waals surface area (Å²) in [5, 5.41) is 0.592. The van der Waals surface area contributed by atoms with E-state index in [2.05, 4.69) is 9.97 Å². The van der Waals surface area contributed by atoms with Crippen LogP contribution < -0.4 is 10.3 Å². The quantitative estimate of drug-likeness (QED) is 0.402. The fourth-order valence-corrected chi connectivity index (χ4v) is 4.28. The predicted octanol–water partition coefficient (Wildman–Crippen LogP) is 3.63. The topological polar surface area (TPSA) is 92.5 Å². The summed E-state index contributed by atoms with van der Waals surface area (Å²) >= 11 is 6.29. The van der Waals surface area contributed by atoms with E-state index < -0.39 is 11.6 Å². The molecule has 0 bridgehead atoms. The Labute approximate surface area is 195 Å². The normalized spacial score (nSPS) is 18.1. The maximum atomic E-state index is 13.2. The van der Waals surface area contributed by atoms with Gasteiger partial charge in [0.25, 0.3) is 5.56 Å². The van der Waals surface area contributed by atoms with Crippen molar-refractivity contribution in [1.82, 2.24) is 14.5 Å². The molecule has 0 saturated carbocycles. The number of hydrogen-bond acceptors (Lipinski definition) is 7. The molecule has 3 aromatic rings. The van der Waals surface area contributed by atoms with Gasteiger partial charge in [0.05, 0.1) is 38.2 Å². The fraction of sp³-hybridized carbons (Fsp3) is 0.333. The summed E-state index contributed by atoms with van der Waals surface area (Å²) in [4.78, 5) is 34.5. The van der Waals surface area contributed by atoms with Crippen LogP contribution in [0.4, 0.5) is 0 Å². The lowest BCUT2D eigenvalue weighted by molar-refractivity contribution is -0.166. The second-order valence-corrected chi connectivity index (χ2v) is 8.23. The van der Waals surface area contributed by atoms with Crippen LogP contribution in [0.1, 0.15) is 30.5 Å². The van der Waals surface area contributed by atoms with E-state index in [-0.39, 0.29) is 10.7 Å². The molecule has 4 rings (SSSR count). The molecular formula is C24H24ClN3O5. The Bertz CT molecular complexity index is 1290. The maximum absolute atomic E-state index is 13.2. The van der Waals surface area contributed by atoms with Gasteiger partial charge in [0.15, 0.2) is 5.60 Å². The molecular weight excluding hydrogens is 446 g/mol. The van der Waals surface area contributed by atoms with Crippen LogP contribution in [0.2, 0.25) is 5.15 Å². The third-order valence-electron chi connectivity index (χ3n) is 6.02. The molecule has 0 fully saturated rings. The molecule has 0 N–H and O–H groups in total. The summed E-state index contributed by atoms with van der Waals surface area (Å²) in [5.41, 5.74) is 1.58. The second-order valence-electron chi connectivity index (χ2n) is 7.84. The van der Waals surface area contributed by atoms with E-state index in [1.165, 1.54) is 31.2 Å². The Balaban J connectivity index is 1.71. The maximum Gasteiger partial charge on any atom is 0.338 e. The highest BCUT2D eigenvalue weighted by Crippen LogP contribution is 2.37. The van der Waals surface area contributed by atoms with Crippen LogP contribution in [-0.4, -0.2) is 47.4 Å². The van der Waals surface area contributed by atoms with Crippen LogP contribution in [-0.2, 0) is 20.8 Å². The molecule has 0 amide bonds. The van der Waals surface area contributed by atoms with Gasteiger partial charge in [-0.3, -0.25) is 9.36 Å². The van der Waals surface area contributed by atoms with Gasteiger partial charge >= 0.3 is 5.97 Å². The van der Waals surface area contributed by atoms with Crippen molar-refractivity contribution in [3.63, 3.8) is 0 Å². The number of hydrogen-bond donors (Lipinski definition) is 0. The minimum atomic E-state index is -1.02. The number of rotatable bonds is 6. The van der Waals surface area contributed by atoms with Crippen molar-refractivity contribution < 1.29 is 19.0 Å². The molecule has 1 aliphatic carbocycles. The minimum absolute atomic E-state index is 0.205. The van der Waals surface area contributed by atoms with Gasteiger partial charge in [0.2, 0.25) is 0 Å². The van der Waals surface area contributed by atoms with Crippen LogP contribution in [0.5, 0.6) is 5.75 Å². The van der Waals surface area contributed by atoms with Crippen LogP contribution >= 0.6 is 11.6 Å². The van der Waals surface area contributed by atoms with Gasteiger partial charge in [-0.05, 0) is 42.2 Å². The number of fused-ring (bicyclic) bond motifs is 1. The number of allylic oxidation sites excluding steroid dienone is 1. The number of methoxy groups -OCH3 is 3. The lowest BCUT2D eigenvalue weighted by Gasteiger charge is -2.32. The first-order valence-corrected chi connectivity index (χ1v) is 10.8. The minimum Gasteiger partial charge on any atom is -0.497 e. The third-order valence-corrected chi connectivity index (χ3v) is 6.21. The Kier molecular flexibility index (Phi) is 6.49. The molecule has 1 aromatic carbocycles. The fourth-order valence-electron chi connectivity index (χ4n) is 4.08. The number of esters is 1. The van der Waals surface area contributed by atoms with Crippen LogP contribution in [0.15, 0.2) is 47.5 Å². The average molecular weight is 470 g/mol. The second kappa shape index (κ2) is 9.33.